The Labute approximate surface area is 140 Å². The zero-order valence-electron chi connectivity index (χ0n) is 13.4. The molecule has 0 aromatic heterocycles. The third-order valence-electron chi connectivity index (χ3n) is 3.63. The van der Waals surface area contributed by atoms with Crippen molar-refractivity contribution in [1.82, 2.24) is 0 Å². The molecule has 1 N–H and O–H groups in total. The molecular weight excluding hydrogens is 317 g/mol. The number of carbonyl (C=O) groups is 1. The van der Waals surface area contributed by atoms with Crippen molar-refractivity contribution in [3.8, 4) is 5.75 Å². The number of benzene rings is 2. The molecule has 0 saturated heterocycles. The molecule has 0 heterocycles. The number of carbonyl (C=O) groups excluding carboxylic acids is 1. The van der Waals surface area contributed by atoms with Gasteiger partial charge in [-0.1, -0.05) is 24.6 Å². The molecule has 3 nitrogen and oxygen atoms in total. The van der Waals surface area contributed by atoms with Gasteiger partial charge in [-0.25, -0.2) is 4.39 Å². The van der Waals surface area contributed by atoms with E-state index in [1.54, 1.807) is 31.2 Å². The van der Waals surface area contributed by atoms with Crippen LogP contribution in [0.1, 0.15) is 30.0 Å². The summed E-state index contributed by atoms with van der Waals surface area (Å²) >= 11 is 6.19. The van der Waals surface area contributed by atoms with E-state index < -0.39 is 5.82 Å². The van der Waals surface area contributed by atoms with E-state index in [1.165, 1.54) is 6.07 Å². The summed E-state index contributed by atoms with van der Waals surface area (Å²) in [7, 11) is 0. The Morgan fingerprint density at radius 1 is 1.26 bits per heavy atom. The molecule has 2 aromatic rings. The number of anilines is 1. The lowest BCUT2D eigenvalue weighted by atomic mass is 10.1. The first-order chi connectivity index (χ1) is 10.9. The SMILES string of the molecule is CCC(=O)Nc1cccc(Cl)c1COc1cc(C)c(C)cc1F. The van der Waals surface area contributed by atoms with E-state index in [0.717, 1.165) is 11.1 Å². The summed E-state index contributed by atoms with van der Waals surface area (Å²) in [5, 5.41) is 3.24. The van der Waals surface area contributed by atoms with E-state index in [-0.39, 0.29) is 18.3 Å². The Kier molecular flexibility index (Phi) is 5.61. The summed E-state index contributed by atoms with van der Waals surface area (Å²) in [6, 6.07) is 8.30. The largest absolute Gasteiger partial charge is 0.486 e. The minimum Gasteiger partial charge on any atom is -0.486 e. The van der Waals surface area contributed by atoms with Crippen LogP contribution in [0.3, 0.4) is 0 Å². The molecular formula is C18H19ClFNO2. The molecule has 1 amide bonds. The second-order valence-electron chi connectivity index (χ2n) is 5.32. The first-order valence-corrected chi connectivity index (χ1v) is 7.77. The van der Waals surface area contributed by atoms with Crippen LogP contribution >= 0.6 is 11.6 Å². The number of nitrogens with one attached hydrogen (secondary N) is 1. The second kappa shape index (κ2) is 7.47. The number of aryl methyl sites for hydroxylation is 2. The highest BCUT2D eigenvalue weighted by atomic mass is 35.5. The Morgan fingerprint density at radius 3 is 2.65 bits per heavy atom. The molecule has 0 saturated carbocycles. The Balaban J connectivity index is 2.23. The fraction of sp³-hybridized carbons (Fsp3) is 0.278. The molecule has 5 heteroatoms. The van der Waals surface area contributed by atoms with Crippen LogP contribution in [0.25, 0.3) is 0 Å². The van der Waals surface area contributed by atoms with E-state index in [1.807, 2.05) is 13.8 Å². The maximum Gasteiger partial charge on any atom is 0.224 e. The molecule has 0 aliphatic rings. The topological polar surface area (TPSA) is 38.3 Å². The molecule has 0 spiro atoms. The van der Waals surface area contributed by atoms with Gasteiger partial charge in [0, 0.05) is 22.7 Å². The highest BCUT2D eigenvalue weighted by Gasteiger charge is 2.12. The molecule has 0 fully saturated rings. The van der Waals surface area contributed by atoms with Gasteiger partial charge >= 0.3 is 0 Å². The molecule has 0 aliphatic carbocycles. The number of amides is 1. The van der Waals surface area contributed by atoms with Crippen molar-refractivity contribution in [1.29, 1.82) is 0 Å². The first kappa shape index (κ1) is 17.3. The highest BCUT2D eigenvalue weighted by Crippen LogP contribution is 2.28. The maximum absolute atomic E-state index is 14.0. The monoisotopic (exact) mass is 335 g/mol. The number of halogens is 2. The predicted molar refractivity (Wildman–Crippen MR) is 90.6 cm³/mol. The summed E-state index contributed by atoms with van der Waals surface area (Å²) in [6.07, 6.45) is 0.360. The van der Waals surface area contributed by atoms with E-state index in [2.05, 4.69) is 5.32 Å². The van der Waals surface area contributed by atoms with Crippen molar-refractivity contribution < 1.29 is 13.9 Å². The molecule has 23 heavy (non-hydrogen) atoms. The Hall–Kier alpha value is -2.07. The molecule has 0 atom stereocenters. The summed E-state index contributed by atoms with van der Waals surface area (Å²) in [6.45, 7) is 5.57. The molecule has 2 rings (SSSR count). The van der Waals surface area contributed by atoms with Crippen LogP contribution in [-0.4, -0.2) is 5.91 Å². The van der Waals surface area contributed by atoms with Gasteiger partial charge < -0.3 is 10.1 Å². The second-order valence-corrected chi connectivity index (χ2v) is 5.73. The van der Waals surface area contributed by atoms with Crippen LogP contribution in [0, 0.1) is 19.7 Å². The Bertz CT molecular complexity index is 731. The maximum atomic E-state index is 14.0. The van der Waals surface area contributed by atoms with Crippen LogP contribution in [-0.2, 0) is 11.4 Å². The van der Waals surface area contributed by atoms with Gasteiger partial charge in [-0.3, -0.25) is 4.79 Å². The minimum absolute atomic E-state index is 0.0679. The number of hydrogen-bond donors (Lipinski definition) is 1. The predicted octanol–water partition coefficient (Wildman–Crippen LogP) is 5.02. The van der Waals surface area contributed by atoms with E-state index in [0.29, 0.717) is 22.7 Å². The number of ether oxygens (including phenoxy) is 1. The van der Waals surface area contributed by atoms with Crippen LogP contribution in [0.2, 0.25) is 5.02 Å². The van der Waals surface area contributed by atoms with Crippen LogP contribution in [0.5, 0.6) is 5.75 Å². The summed E-state index contributed by atoms with van der Waals surface area (Å²) in [5.41, 5.74) is 3.01. The lowest BCUT2D eigenvalue weighted by Crippen LogP contribution is -2.12. The average molecular weight is 336 g/mol. The van der Waals surface area contributed by atoms with E-state index >= 15 is 0 Å². The van der Waals surface area contributed by atoms with Crippen LogP contribution in [0.15, 0.2) is 30.3 Å². The van der Waals surface area contributed by atoms with Crippen molar-refractivity contribution in [2.45, 2.75) is 33.8 Å². The number of rotatable bonds is 5. The van der Waals surface area contributed by atoms with Gasteiger partial charge in [0.2, 0.25) is 5.91 Å². The summed E-state index contributed by atoms with van der Waals surface area (Å²) in [5.74, 6) is -0.369. The normalized spacial score (nSPS) is 10.5. The quantitative estimate of drug-likeness (QED) is 0.832. The third kappa shape index (κ3) is 4.23. The lowest BCUT2D eigenvalue weighted by Gasteiger charge is -2.14. The van der Waals surface area contributed by atoms with Crippen LogP contribution < -0.4 is 10.1 Å². The fourth-order valence-corrected chi connectivity index (χ4v) is 2.31. The molecule has 0 radical (unpaired) electrons. The molecule has 0 unspecified atom stereocenters. The smallest absolute Gasteiger partial charge is 0.224 e. The zero-order valence-corrected chi connectivity index (χ0v) is 14.1. The van der Waals surface area contributed by atoms with Gasteiger partial charge in [-0.05, 0) is 49.2 Å². The number of hydrogen-bond acceptors (Lipinski definition) is 2. The van der Waals surface area contributed by atoms with Gasteiger partial charge in [0.25, 0.3) is 0 Å². The molecule has 0 bridgehead atoms. The van der Waals surface area contributed by atoms with Crippen molar-refractivity contribution in [2.75, 3.05) is 5.32 Å². The van der Waals surface area contributed by atoms with Crippen molar-refractivity contribution in [3.05, 3.63) is 57.9 Å². The highest BCUT2D eigenvalue weighted by molar-refractivity contribution is 6.31. The van der Waals surface area contributed by atoms with E-state index in [9.17, 15) is 9.18 Å². The van der Waals surface area contributed by atoms with E-state index in [4.69, 9.17) is 16.3 Å². The summed E-state index contributed by atoms with van der Waals surface area (Å²) in [4.78, 5) is 11.6. The molecule has 122 valence electrons. The summed E-state index contributed by atoms with van der Waals surface area (Å²) < 4.78 is 19.6. The van der Waals surface area contributed by atoms with Crippen molar-refractivity contribution >= 4 is 23.2 Å². The standard InChI is InChI=1S/C18H19ClFNO2/c1-4-18(22)21-16-7-5-6-14(19)13(16)10-23-17-9-12(3)11(2)8-15(17)20/h5-9H,4,10H2,1-3H3,(H,21,22). The van der Waals surface area contributed by atoms with Gasteiger partial charge in [0.15, 0.2) is 11.6 Å². The minimum atomic E-state index is -0.417. The van der Waals surface area contributed by atoms with Gasteiger partial charge in [-0.15, -0.1) is 0 Å². The zero-order chi connectivity index (χ0) is 17.0. The van der Waals surface area contributed by atoms with Gasteiger partial charge in [0.1, 0.15) is 6.61 Å². The molecule has 2 aromatic carbocycles. The molecule has 0 aliphatic heterocycles. The first-order valence-electron chi connectivity index (χ1n) is 7.39. The third-order valence-corrected chi connectivity index (χ3v) is 3.99. The Morgan fingerprint density at radius 2 is 1.96 bits per heavy atom. The van der Waals surface area contributed by atoms with Crippen molar-refractivity contribution in [3.63, 3.8) is 0 Å². The average Bonchev–Trinajstić information content (AvgIpc) is 2.51. The lowest BCUT2D eigenvalue weighted by molar-refractivity contribution is -0.115. The van der Waals surface area contributed by atoms with Crippen LogP contribution in [0.4, 0.5) is 10.1 Å². The van der Waals surface area contributed by atoms with Gasteiger partial charge in [-0.2, -0.15) is 0 Å². The fourth-order valence-electron chi connectivity index (χ4n) is 2.08. The van der Waals surface area contributed by atoms with Crippen molar-refractivity contribution in [2.24, 2.45) is 0 Å². The van der Waals surface area contributed by atoms with Gasteiger partial charge in [0.05, 0.1) is 0 Å².